The maximum absolute atomic E-state index is 6.12. The van der Waals surface area contributed by atoms with Gasteiger partial charge in [0.05, 0.1) is 0 Å². The molecule has 0 bridgehead atoms. The molecular weight excluding hydrogens is 226 g/mol. The fourth-order valence-electron chi connectivity index (χ4n) is 2.93. The van der Waals surface area contributed by atoms with Gasteiger partial charge in [-0.3, -0.25) is 5.10 Å². The molecule has 1 aliphatic carbocycles. The molecule has 3 rings (SSSR count). The Bertz CT molecular complexity index is 398. The van der Waals surface area contributed by atoms with Crippen LogP contribution in [0.2, 0.25) is 0 Å². The molecule has 1 saturated heterocycles. The quantitative estimate of drug-likeness (QED) is 0.851. The fourth-order valence-corrected chi connectivity index (χ4v) is 2.93. The van der Waals surface area contributed by atoms with Crippen molar-refractivity contribution in [3.63, 3.8) is 0 Å². The number of nitrogens with zero attached hydrogens (tertiary/aromatic N) is 3. The highest BCUT2D eigenvalue weighted by Crippen LogP contribution is 2.29. The van der Waals surface area contributed by atoms with E-state index < -0.39 is 0 Å². The van der Waals surface area contributed by atoms with Gasteiger partial charge in [0.2, 0.25) is 5.95 Å². The van der Waals surface area contributed by atoms with Crippen molar-refractivity contribution >= 4 is 5.95 Å². The van der Waals surface area contributed by atoms with Crippen LogP contribution in [0.1, 0.15) is 44.9 Å². The third kappa shape index (κ3) is 2.23. The number of hydrogen-bond acceptors (Lipinski definition) is 4. The van der Waals surface area contributed by atoms with Crippen LogP contribution in [0.25, 0.3) is 0 Å². The smallest absolute Gasteiger partial charge is 0.244 e. The van der Waals surface area contributed by atoms with E-state index in [1.807, 2.05) is 0 Å². The van der Waals surface area contributed by atoms with Crippen LogP contribution >= 0.6 is 0 Å². The van der Waals surface area contributed by atoms with Gasteiger partial charge in [-0.15, -0.1) is 5.10 Å². The van der Waals surface area contributed by atoms with Crippen LogP contribution in [-0.4, -0.2) is 33.8 Å². The number of anilines is 1. The SMILES string of the molecule is CC1C(N)CCCN1c1n[nH]c(CC2CCC2)n1. The molecular formula is C13H23N5. The number of piperidine rings is 1. The fraction of sp³-hybridized carbons (Fsp3) is 0.846. The van der Waals surface area contributed by atoms with E-state index in [2.05, 4.69) is 27.0 Å². The van der Waals surface area contributed by atoms with Gasteiger partial charge in [-0.2, -0.15) is 4.98 Å². The minimum Gasteiger partial charge on any atom is -0.335 e. The Balaban J connectivity index is 1.67. The third-order valence-corrected chi connectivity index (χ3v) is 4.53. The second-order valence-electron chi connectivity index (χ2n) is 5.82. The molecule has 0 radical (unpaired) electrons. The Hall–Kier alpha value is -1.10. The van der Waals surface area contributed by atoms with E-state index in [9.17, 15) is 0 Å². The molecule has 2 heterocycles. The molecule has 2 fully saturated rings. The van der Waals surface area contributed by atoms with Crippen LogP contribution in [0, 0.1) is 5.92 Å². The monoisotopic (exact) mass is 249 g/mol. The van der Waals surface area contributed by atoms with Gasteiger partial charge in [0.1, 0.15) is 5.82 Å². The lowest BCUT2D eigenvalue weighted by Crippen LogP contribution is -2.51. The van der Waals surface area contributed by atoms with Crippen molar-refractivity contribution in [3.05, 3.63) is 5.82 Å². The average molecular weight is 249 g/mol. The van der Waals surface area contributed by atoms with Crippen LogP contribution in [0.5, 0.6) is 0 Å². The maximum Gasteiger partial charge on any atom is 0.244 e. The molecule has 5 heteroatoms. The van der Waals surface area contributed by atoms with Gasteiger partial charge in [0.25, 0.3) is 0 Å². The van der Waals surface area contributed by atoms with E-state index in [0.29, 0.717) is 6.04 Å². The summed E-state index contributed by atoms with van der Waals surface area (Å²) in [4.78, 5) is 6.89. The van der Waals surface area contributed by atoms with Gasteiger partial charge in [0.15, 0.2) is 0 Å². The van der Waals surface area contributed by atoms with Gasteiger partial charge in [-0.05, 0) is 25.7 Å². The summed E-state index contributed by atoms with van der Waals surface area (Å²) >= 11 is 0. The van der Waals surface area contributed by atoms with Crippen LogP contribution in [0.15, 0.2) is 0 Å². The lowest BCUT2D eigenvalue weighted by atomic mass is 9.83. The van der Waals surface area contributed by atoms with Gasteiger partial charge in [-0.1, -0.05) is 19.3 Å². The minimum atomic E-state index is 0.243. The zero-order valence-corrected chi connectivity index (χ0v) is 11.1. The minimum absolute atomic E-state index is 0.243. The first kappa shape index (κ1) is 12.0. The molecule has 1 aliphatic heterocycles. The van der Waals surface area contributed by atoms with Crippen LogP contribution in [0.3, 0.4) is 0 Å². The summed E-state index contributed by atoms with van der Waals surface area (Å²) in [6.07, 6.45) is 7.38. The molecule has 0 spiro atoms. The first-order valence-electron chi connectivity index (χ1n) is 7.17. The molecule has 100 valence electrons. The Morgan fingerprint density at radius 1 is 1.33 bits per heavy atom. The van der Waals surface area contributed by atoms with Crippen molar-refractivity contribution in [2.24, 2.45) is 11.7 Å². The van der Waals surface area contributed by atoms with E-state index in [1.165, 1.54) is 19.3 Å². The molecule has 1 saturated carbocycles. The zero-order chi connectivity index (χ0) is 12.5. The van der Waals surface area contributed by atoms with Gasteiger partial charge >= 0.3 is 0 Å². The van der Waals surface area contributed by atoms with Crippen molar-refractivity contribution in [1.82, 2.24) is 15.2 Å². The van der Waals surface area contributed by atoms with Crippen molar-refractivity contribution in [2.75, 3.05) is 11.4 Å². The van der Waals surface area contributed by atoms with Crippen molar-refractivity contribution in [2.45, 2.75) is 57.5 Å². The van der Waals surface area contributed by atoms with E-state index >= 15 is 0 Å². The third-order valence-electron chi connectivity index (χ3n) is 4.53. The Morgan fingerprint density at radius 2 is 2.17 bits per heavy atom. The van der Waals surface area contributed by atoms with E-state index in [1.54, 1.807) is 0 Å². The summed E-state index contributed by atoms with van der Waals surface area (Å²) < 4.78 is 0. The zero-order valence-electron chi connectivity index (χ0n) is 11.1. The number of H-pyrrole nitrogens is 1. The molecule has 0 amide bonds. The average Bonchev–Trinajstić information content (AvgIpc) is 2.76. The summed E-state index contributed by atoms with van der Waals surface area (Å²) in [5, 5.41) is 7.46. The number of hydrogen-bond donors (Lipinski definition) is 2. The topological polar surface area (TPSA) is 70.8 Å². The predicted octanol–water partition coefficient (Wildman–Crippen LogP) is 1.46. The number of aromatic amines is 1. The predicted molar refractivity (Wildman–Crippen MR) is 71.4 cm³/mol. The van der Waals surface area contributed by atoms with Gasteiger partial charge < -0.3 is 10.6 Å². The lowest BCUT2D eigenvalue weighted by molar-refractivity contribution is 0.309. The standard InChI is InChI=1S/C13H23N5/c1-9-11(14)6-3-7-18(9)13-15-12(16-17-13)8-10-4-2-5-10/h9-11H,2-8,14H2,1H3,(H,15,16,17). The van der Waals surface area contributed by atoms with E-state index in [-0.39, 0.29) is 6.04 Å². The molecule has 2 aliphatic rings. The largest absolute Gasteiger partial charge is 0.335 e. The number of rotatable bonds is 3. The van der Waals surface area contributed by atoms with Crippen LogP contribution in [-0.2, 0) is 6.42 Å². The second kappa shape index (κ2) is 4.88. The summed E-state index contributed by atoms with van der Waals surface area (Å²) in [7, 11) is 0. The molecule has 1 aromatic rings. The van der Waals surface area contributed by atoms with E-state index in [4.69, 9.17) is 5.73 Å². The Morgan fingerprint density at radius 3 is 2.89 bits per heavy atom. The van der Waals surface area contributed by atoms with Crippen LogP contribution < -0.4 is 10.6 Å². The van der Waals surface area contributed by atoms with Gasteiger partial charge in [-0.25, -0.2) is 0 Å². The number of aromatic nitrogens is 3. The highest BCUT2D eigenvalue weighted by atomic mass is 15.4. The molecule has 5 nitrogen and oxygen atoms in total. The second-order valence-corrected chi connectivity index (χ2v) is 5.82. The molecule has 0 aromatic carbocycles. The maximum atomic E-state index is 6.12. The molecule has 2 unspecified atom stereocenters. The highest BCUT2D eigenvalue weighted by molar-refractivity contribution is 5.32. The molecule has 2 atom stereocenters. The van der Waals surface area contributed by atoms with Crippen LogP contribution in [0.4, 0.5) is 5.95 Å². The first-order valence-corrected chi connectivity index (χ1v) is 7.17. The Kier molecular flexibility index (Phi) is 3.24. The summed E-state index contributed by atoms with van der Waals surface area (Å²) in [6.45, 7) is 3.20. The molecule has 3 N–H and O–H groups in total. The molecule has 18 heavy (non-hydrogen) atoms. The molecule has 1 aromatic heterocycles. The Labute approximate surface area is 108 Å². The number of nitrogens with one attached hydrogen (secondary N) is 1. The summed E-state index contributed by atoms with van der Waals surface area (Å²) in [6, 6.07) is 0.582. The normalized spacial score (nSPS) is 29.3. The van der Waals surface area contributed by atoms with Crippen molar-refractivity contribution in [3.8, 4) is 0 Å². The first-order chi connectivity index (χ1) is 8.74. The van der Waals surface area contributed by atoms with Gasteiger partial charge in [0, 0.05) is 25.0 Å². The summed E-state index contributed by atoms with van der Waals surface area (Å²) in [5.74, 6) is 2.71. The summed E-state index contributed by atoms with van der Waals surface area (Å²) in [5.41, 5.74) is 6.12. The van der Waals surface area contributed by atoms with Crippen molar-refractivity contribution < 1.29 is 0 Å². The highest BCUT2D eigenvalue weighted by Gasteiger charge is 2.28. The number of nitrogens with two attached hydrogens (primary N) is 1. The van der Waals surface area contributed by atoms with E-state index in [0.717, 1.165) is 43.5 Å². The van der Waals surface area contributed by atoms with Crippen molar-refractivity contribution in [1.29, 1.82) is 0 Å². The lowest BCUT2D eigenvalue weighted by Gasteiger charge is -2.36.